The van der Waals surface area contributed by atoms with Gasteiger partial charge in [-0.2, -0.15) is 0 Å². The van der Waals surface area contributed by atoms with Crippen molar-refractivity contribution in [1.29, 1.82) is 0 Å². The molecule has 1 aromatic carbocycles. The van der Waals surface area contributed by atoms with Crippen LogP contribution in [0.3, 0.4) is 0 Å². The molecule has 1 N–H and O–H groups in total. The first-order valence-electron chi connectivity index (χ1n) is 6.99. The lowest BCUT2D eigenvalue weighted by atomic mass is 9.97. The van der Waals surface area contributed by atoms with Crippen LogP contribution in [0.5, 0.6) is 5.75 Å². The normalized spacial score (nSPS) is 16.1. The van der Waals surface area contributed by atoms with E-state index < -0.39 is 0 Å². The first kappa shape index (κ1) is 15.0. The van der Waals surface area contributed by atoms with E-state index in [4.69, 9.17) is 4.74 Å². The van der Waals surface area contributed by atoms with Gasteiger partial charge < -0.3 is 9.84 Å². The van der Waals surface area contributed by atoms with E-state index in [9.17, 15) is 5.11 Å². The predicted octanol–water partition coefficient (Wildman–Crippen LogP) is 3.99. The molecule has 102 valence electrons. The fourth-order valence-electron chi connectivity index (χ4n) is 1.85. The summed E-state index contributed by atoms with van der Waals surface area (Å²) in [5, 5.41) is 9.94. The second-order valence-corrected chi connectivity index (χ2v) is 5.11. The van der Waals surface area contributed by atoms with Gasteiger partial charge in [0.05, 0.1) is 6.10 Å². The Labute approximate surface area is 111 Å². The van der Waals surface area contributed by atoms with Crippen molar-refractivity contribution in [2.75, 3.05) is 6.61 Å². The van der Waals surface area contributed by atoms with Crippen LogP contribution in [-0.4, -0.2) is 17.8 Å². The van der Waals surface area contributed by atoms with Gasteiger partial charge in [-0.1, -0.05) is 52.3 Å². The van der Waals surface area contributed by atoms with Crippen molar-refractivity contribution in [3.8, 4) is 5.75 Å². The maximum absolute atomic E-state index is 9.94. The fraction of sp³-hybridized carbons (Fsp3) is 0.625. The van der Waals surface area contributed by atoms with Crippen LogP contribution in [-0.2, 0) is 0 Å². The first-order valence-corrected chi connectivity index (χ1v) is 6.99. The smallest absolute Gasteiger partial charge is 0.122 e. The Balaban J connectivity index is 2.67. The third-order valence-corrected chi connectivity index (χ3v) is 3.77. The summed E-state index contributed by atoms with van der Waals surface area (Å²) >= 11 is 0. The van der Waals surface area contributed by atoms with Crippen molar-refractivity contribution < 1.29 is 9.84 Å². The van der Waals surface area contributed by atoms with Gasteiger partial charge in [-0.05, 0) is 29.9 Å². The molecule has 3 unspecified atom stereocenters. The van der Waals surface area contributed by atoms with Gasteiger partial charge in [-0.15, -0.1) is 0 Å². The molecule has 0 bridgehead atoms. The molecule has 0 aliphatic carbocycles. The molecule has 0 spiro atoms. The lowest BCUT2D eigenvalue weighted by Crippen LogP contribution is -2.25. The summed E-state index contributed by atoms with van der Waals surface area (Å²) in [6.45, 7) is 8.89. The van der Waals surface area contributed by atoms with E-state index in [0.717, 1.165) is 18.6 Å². The van der Waals surface area contributed by atoms with Gasteiger partial charge in [0.1, 0.15) is 12.4 Å². The zero-order valence-electron chi connectivity index (χ0n) is 12.0. The van der Waals surface area contributed by atoms with Crippen LogP contribution in [0, 0.1) is 5.92 Å². The molecule has 0 saturated heterocycles. The van der Waals surface area contributed by atoms with Crippen molar-refractivity contribution in [2.45, 2.75) is 52.6 Å². The minimum atomic E-state index is -0.389. The minimum absolute atomic E-state index is 0.278. The quantitative estimate of drug-likeness (QED) is 0.793. The number of rotatable bonds is 7. The highest BCUT2D eigenvalue weighted by Crippen LogP contribution is 2.28. The lowest BCUT2D eigenvalue weighted by molar-refractivity contribution is 0.0617. The molecule has 3 atom stereocenters. The van der Waals surface area contributed by atoms with Gasteiger partial charge in [-0.25, -0.2) is 0 Å². The molecule has 0 aliphatic rings. The van der Waals surface area contributed by atoms with Crippen molar-refractivity contribution in [3.63, 3.8) is 0 Å². The molecular weight excluding hydrogens is 224 g/mol. The third-order valence-electron chi connectivity index (χ3n) is 3.77. The molecule has 0 amide bonds. The summed E-state index contributed by atoms with van der Waals surface area (Å²) in [5.74, 6) is 1.68. The highest BCUT2D eigenvalue weighted by atomic mass is 16.5. The van der Waals surface area contributed by atoms with Crippen LogP contribution < -0.4 is 4.74 Å². The van der Waals surface area contributed by atoms with Crippen LogP contribution in [0.2, 0.25) is 0 Å². The van der Waals surface area contributed by atoms with E-state index in [1.165, 1.54) is 5.56 Å². The number of ether oxygens (including phenoxy) is 1. The number of aliphatic hydroxyl groups is 1. The second kappa shape index (κ2) is 7.42. The summed E-state index contributed by atoms with van der Waals surface area (Å²) in [7, 11) is 0. The van der Waals surface area contributed by atoms with Crippen LogP contribution in [0.25, 0.3) is 0 Å². The molecule has 0 aromatic heterocycles. The maximum atomic E-state index is 9.94. The molecule has 18 heavy (non-hydrogen) atoms. The predicted molar refractivity (Wildman–Crippen MR) is 76.1 cm³/mol. The zero-order chi connectivity index (χ0) is 13.5. The Kier molecular flexibility index (Phi) is 6.20. The van der Waals surface area contributed by atoms with E-state index in [2.05, 4.69) is 33.8 Å². The summed E-state index contributed by atoms with van der Waals surface area (Å²) in [6, 6.07) is 8.13. The van der Waals surface area contributed by atoms with Crippen LogP contribution in [0.1, 0.15) is 52.0 Å². The number of benzene rings is 1. The van der Waals surface area contributed by atoms with Gasteiger partial charge in [0, 0.05) is 0 Å². The number of hydrogen-bond donors (Lipinski definition) is 1. The molecule has 2 heteroatoms. The summed E-state index contributed by atoms with van der Waals surface area (Å²) in [4.78, 5) is 0. The van der Waals surface area contributed by atoms with Crippen molar-refractivity contribution in [2.24, 2.45) is 5.92 Å². The van der Waals surface area contributed by atoms with Crippen LogP contribution >= 0.6 is 0 Å². The Morgan fingerprint density at radius 2 is 1.78 bits per heavy atom. The van der Waals surface area contributed by atoms with Crippen molar-refractivity contribution >= 4 is 0 Å². The topological polar surface area (TPSA) is 29.5 Å². The van der Waals surface area contributed by atoms with Crippen molar-refractivity contribution in [3.05, 3.63) is 29.8 Å². The summed E-state index contributed by atoms with van der Waals surface area (Å²) < 4.78 is 5.79. The van der Waals surface area contributed by atoms with E-state index >= 15 is 0 Å². The average Bonchev–Trinajstić information content (AvgIpc) is 2.43. The van der Waals surface area contributed by atoms with Crippen LogP contribution in [0.15, 0.2) is 24.3 Å². The highest BCUT2D eigenvalue weighted by Gasteiger charge is 2.15. The summed E-state index contributed by atoms with van der Waals surface area (Å²) in [6.07, 6.45) is 1.67. The second-order valence-electron chi connectivity index (χ2n) is 5.11. The maximum Gasteiger partial charge on any atom is 0.122 e. The van der Waals surface area contributed by atoms with Gasteiger partial charge in [0.2, 0.25) is 0 Å². The Hall–Kier alpha value is -1.02. The zero-order valence-corrected chi connectivity index (χ0v) is 12.0. The van der Waals surface area contributed by atoms with E-state index in [0.29, 0.717) is 12.5 Å². The van der Waals surface area contributed by atoms with Crippen molar-refractivity contribution in [1.82, 2.24) is 0 Å². The molecule has 0 heterocycles. The Morgan fingerprint density at radius 1 is 1.11 bits per heavy atom. The van der Waals surface area contributed by atoms with E-state index in [-0.39, 0.29) is 12.0 Å². The first-order chi connectivity index (χ1) is 8.60. The van der Waals surface area contributed by atoms with Gasteiger partial charge in [0.25, 0.3) is 0 Å². The van der Waals surface area contributed by atoms with E-state index in [1.54, 1.807) is 0 Å². The Bertz CT molecular complexity index is 349. The average molecular weight is 250 g/mol. The molecule has 1 aromatic rings. The molecule has 0 radical (unpaired) electrons. The lowest BCUT2D eigenvalue weighted by Gasteiger charge is -2.20. The number of hydrogen-bond acceptors (Lipinski definition) is 2. The molecule has 2 nitrogen and oxygen atoms in total. The van der Waals surface area contributed by atoms with Crippen LogP contribution in [0.4, 0.5) is 0 Å². The monoisotopic (exact) mass is 250 g/mol. The Morgan fingerprint density at radius 3 is 2.39 bits per heavy atom. The SMILES string of the molecule is CCC(C)c1ccccc1OCC(O)C(C)CC. The fourth-order valence-corrected chi connectivity index (χ4v) is 1.85. The standard InChI is InChI=1S/C16H26O2/c1-5-12(3)14-9-7-8-10-16(14)18-11-15(17)13(4)6-2/h7-10,12-13,15,17H,5-6,11H2,1-4H3. The molecular formula is C16H26O2. The van der Waals surface area contributed by atoms with Gasteiger partial charge >= 0.3 is 0 Å². The molecule has 0 saturated carbocycles. The minimum Gasteiger partial charge on any atom is -0.491 e. The van der Waals surface area contributed by atoms with Gasteiger partial charge in [-0.3, -0.25) is 0 Å². The largest absolute Gasteiger partial charge is 0.491 e. The summed E-state index contributed by atoms with van der Waals surface area (Å²) in [5.41, 5.74) is 1.23. The van der Waals surface area contributed by atoms with Gasteiger partial charge in [0.15, 0.2) is 0 Å². The highest BCUT2D eigenvalue weighted by molar-refractivity contribution is 5.35. The molecule has 1 rings (SSSR count). The molecule has 0 fully saturated rings. The molecule has 0 aliphatic heterocycles. The van der Waals surface area contributed by atoms with E-state index in [1.807, 2.05) is 18.2 Å². The third kappa shape index (κ3) is 4.02. The number of para-hydroxylation sites is 1. The number of aliphatic hydroxyl groups excluding tert-OH is 1.